The molecule has 0 aliphatic carbocycles. The lowest BCUT2D eigenvalue weighted by Crippen LogP contribution is -2.35. The van der Waals surface area contributed by atoms with E-state index in [0.717, 1.165) is 13.0 Å². The molecule has 0 atom stereocenters. The van der Waals surface area contributed by atoms with Crippen molar-refractivity contribution in [2.24, 2.45) is 0 Å². The molecule has 0 N–H and O–H groups in total. The van der Waals surface area contributed by atoms with Gasteiger partial charge in [-0.15, -0.1) is 0 Å². The van der Waals surface area contributed by atoms with E-state index in [1.54, 1.807) is 11.1 Å². The molecule has 0 saturated carbocycles. The van der Waals surface area contributed by atoms with Crippen LogP contribution in [0.15, 0.2) is 18.2 Å². The van der Waals surface area contributed by atoms with Crippen LogP contribution in [-0.4, -0.2) is 17.5 Å². The molecule has 0 fully saturated rings. The Kier molecular flexibility index (Phi) is 3.11. The summed E-state index contributed by atoms with van der Waals surface area (Å²) in [6.07, 6.45) is 2.37. The average Bonchev–Trinajstić information content (AvgIpc) is 2.27. The highest BCUT2D eigenvalue weighted by atomic mass is 15.1. The first kappa shape index (κ1) is 10.7. The van der Waals surface area contributed by atoms with Crippen molar-refractivity contribution in [1.82, 2.24) is 4.90 Å². The minimum atomic E-state index is 0.670. The molecular formula is C14H21N. The van der Waals surface area contributed by atoms with Crippen molar-refractivity contribution in [2.45, 2.75) is 46.2 Å². The van der Waals surface area contributed by atoms with Crippen LogP contribution < -0.4 is 0 Å². The monoisotopic (exact) mass is 203 g/mol. The smallest absolute Gasteiger partial charge is 0.0239 e. The topological polar surface area (TPSA) is 3.24 Å². The van der Waals surface area contributed by atoms with Gasteiger partial charge < -0.3 is 0 Å². The van der Waals surface area contributed by atoms with Gasteiger partial charge in [0.15, 0.2) is 0 Å². The van der Waals surface area contributed by atoms with Gasteiger partial charge in [0.25, 0.3) is 0 Å². The second-order valence-corrected chi connectivity index (χ2v) is 4.77. The molecule has 15 heavy (non-hydrogen) atoms. The van der Waals surface area contributed by atoms with Gasteiger partial charge in [0.1, 0.15) is 0 Å². The van der Waals surface area contributed by atoms with Crippen molar-refractivity contribution in [3.8, 4) is 0 Å². The Labute approximate surface area is 93.1 Å². The lowest BCUT2D eigenvalue weighted by atomic mass is 9.96. The zero-order valence-corrected chi connectivity index (χ0v) is 10.1. The molecule has 1 aromatic carbocycles. The third kappa shape index (κ3) is 2.23. The Morgan fingerprint density at radius 3 is 2.73 bits per heavy atom. The Bertz CT molecular complexity index is 341. The van der Waals surface area contributed by atoms with Crippen LogP contribution >= 0.6 is 0 Å². The highest BCUT2D eigenvalue weighted by molar-refractivity contribution is 5.33. The van der Waals surface area contributed by atoms with Crippen molar-refractivity contribution in [2.75, 3.05) is 6.54 Å². The third-order valence-corrected chi connectivity index (χ3v) is 3.45. The fourth-order valence-electron chi connectivity index (χ4n) is 2.29. The van der Waals surface area contributed by atoms with Gasteiger partial charge in [-0.05, 0) is 43.4 Å². The van der Waals surface area contributed by atoms with Gasteiger partial charge in [0.2, 0.25) is 0 Å². The van der Waals surface area contributed by atoms with E-state index >= 15 is 0 Å². The molecule has 2 rings (SSSR count). The van der Waals surface area contributed by atoms with Crippen LogP contribution in [0.25, 0.3) is 0 Å². The Morgan fingerprint density at radius 2 is 2.07 bits per heavy atom. The summed E-state index contributed by atoms with van der Waals surface area (Å²) in [6, 6.07) is 7.67. The van der Waals surface area contributed by atoms with E-state index in [9.17, 15) is 0 Å². The fraction of sp³-hybridized carbons (Fsp3) is 0.571. The summed E-state index contributed by atoms with van der Waals surface area (Å²) in [6.45, 7) is 9.16. The largest absolute Gasteiger partial charge is 0.296 e. The van der Waals surface area contributed by atoms with E-state index in [0.29, 0.717) is 6.04 Å². The molecule has 0 radical (unpaired) electrons. The van der Waals surface area contributed by atoms with Crippen molar-refractivity contribution >= 4 is 0 Å². The average molecular weight is 203 g/mol. The Morgan fingerprint density at radius 1 is 1.27 bits per heavy atom. The highest BCUT2D eigenvalue weighted by Gasteiger charge is 2.17. The van der Waals surface area contributed by atoms with E-state index in [2.05, 4.69) is 43.9 Å². The van der Waals surface area contributed by atoms with Crippen LogP contribution in [0.3, 0.4) is 0 Å². The maximum atomic E-state index is 2.56. The predicted octanol–water partition coefficient (Wildman–Crippen LogP) is 3.02. The van der Waals surface area contributed by atoms with Crippen molar-refractivity contribution in [1.29, 1.82) is 0 Å². The van der Waals surface area contributed by atoms with Crippen LogP contribution in [0, 0.1) is 0 Å². The molecule has 0 amide bonds. The van der Waals surface area contributed by atoms with Crippen LogP contribution in [0.4, 0.5) is 0 Å². The van der Waals surface area contributed by atoms with Crippen LogP contribution in [-0.2, 0) is 19.4 Å². The van der Waals surface area contributed by atoms with E-state index < -0.39 is 0 Å². The number of rotatable bonds is 2. The zero-order valence-electron chi connectivity index (χ0n) is 10.1. The first-order valence-electron chi connectivity index (χ1n) is 6.05. The van der Waals surface area contributed by atoms with Crippen molar-refractivity contribution in [3.63, 3.8) is 0 Å². The number of aryl methyl sites for hydroxylation is 1. The van der Waals surface area contributed by atoms with Crippen LogP contribution in [0.1, 0.15) is 37.5 Å². The molecule has 1 heterocycles. The minimum absolute atomic E-state index is 0.670. The number of fused-ring (bicyclic) bond motifs is 1. The first-order valence-corrected chi connectivity index (χ1v) is 6.05. The third-order valence-electron chi connectivity index (χ3n) is 3.45. The molecular weight excluding hydrogens is 182 g/mol. The van der Waals surface area contributed by atoms with Gasteiger partial charge in [0, 0.05) is 19.1 Å². The normalized spacial score (nSPS) is 16.8. The van der Waals surface area contributed by atoms with Crippen LogP contribution in [0.2, 0.25) is 0 Å². The maximum absolute atomic E-state index is 2.56. The van der Waals surface area contributed by atoms with Gasteiger partial charge >= 0.3 is 0 Å². The molecule has 1 aromatic rings. The SMILES string of the molecule is CCc1ccc2c(c1)CN(C(C)C)CC2. The summed E-state index contributed by atoms with van der Waals surface area (Å²) < 4.78 is 0. The lowest BCUT2D eigenvalue weighted by Gasteiger charge is -2.32. The van der Waals surface area contributed by atoms with E-state index in [1.165, 1.54) is 18.5 Å². The van der Waals surface area contributed by atoms with E-state index in [1.807, 2.05) is 0 Å². The summed E-state index contributed by atoms with van der Waals surface area (Å²) in [5.41, 5.74) is 4.58. The predicted molar refractivity (Wildman–Crippen MR) is 65.1 cm³/mol. The summed E-state index contributed by atoms with van der Waals surface area (Å²) >= 11 is 0. The second kappa shape index (κ2) is 4.36. The van der Waals surface area contributed by atoms with Gasteiger partial charge in [-0.3, -0.25) is 4.90 Å². The van der Waals surface area contributed by atoms with Gasteiger partial charge in [-0.2, -0.15) is 0 Å². The van der Waals surface area contributed by atoms with E-state index in [-0.39, 0.29) is 0 Å². The molecule has 0 spiro atoms. The Hall–Kier alpha value is -0.820. The second-order valence-electron chi connectivity index (χ2n) is 4.77. The number of nitrogens with zero attached hydrogens (tertiary/aromatic N) is 1. The maximum Gasteiger partial charge on any atom is 0.0239 e. The summed E-state index contributed by atoms with van der Waals surface area (Å²) in [4.78, 5) is 2.56. The quantitative estimate of drug-likeness (QED) is 0.714. The molecule has 1 aliphatic heterocycles. The molecule has 0 aromatic heterocycles. The Balaban J connectivity index is 2.23. The molecule has 82 valence electrons. The van der Waals surface area contributed by atoms with Crippen molar-refractivity contribution in [3.05, 3.63) is 34.9 Å². The first-order chi connectivity index (χ1) is 7.20. The van der Waals surface area contributed by atoms with Gasteiger partial charge in [-0.25, -0.2) is 0 Å². The number of benzene rings is 1. The summed E-state index contributed by atoms with van der Waals surface area (Å²) in [7, 11) is 0. The number of hydrogen-bond donors (Lipinski definition) is 0. The molecule has 1 heteroatoms. The molecule has 0 bridgehead atoms. The molecule has 1 nitrogen and oxygen atoms in total. The van der Waals surface area contributed by atoms with Crippen molar-refractivity contribution < 1.29 is 0 Å². The standard InChI is InChI=1S/C14H21N/c1-4-12-5-6-13-7-8-15(11(2)3)10-14(13)9-12/h5-6,9,11H,4,7-8,10H2,1-3H3. The fourth-order valence-corrected chi connectivity index (χ4v) is 2.29. The summed E-state index contributed by atoms with van der Waals surface area (Å²) in [5, 5.41) is 0. The molecule has 1 aliphatic rings. The number of hydrogen-bond acceptors (Lipinski definition) is 1. The zero-order chi connectivity index (χ0) is 10.8. The minimum Gasteiger partial charge on any atom is -0.296 e. The highest BCUT2D eigenvalue weighted by Crippen LogP contribution is 2.21. The molecule has 0 saturated heterocycles. The summed E-state index contributed by atoms with van der Waals surface area (Å²) in [5.74, 6) is 0. The van der Waals surface area contributed by atoms with Gasteiger partial charge in [-0.1, -0.05) is 25.1 Å². The van der Waals surface area contributed by atoms with E-state index in [4.69, 9.17) is 0 Å². The van der Waals surface area contributed by atoms with Gasteiger partial charge in [0.05, 0.1) is 0 Å². The molecule has 0 unspecified atom stereocenters. The van der Waals surface area contributed by atoms with Crippen LogP contribution in [0.5, 0.6) is 0 Å². The lowest BCUT2D eigenvalue weighted by molar-refractivity contribution is 0.203.